The van der Waals surface area contributed by atoms with Crippen LogP contribution in [0.25, 0.3) is 0 Å². The molecule has 0 aromatic heterocycles. The lowest BCUT2D eigenvalue weighted by Gasteiger charge is -1.83. The van der Waals surface area contributed by atoms with Crippen molar-refractivity contribution < 1.29 is 17.9 Å². The Morgan fingerprint density at radius 1 is 1.50 bits per heavy atom. The van der Waals surface area contributed by atoms with E-state index in [-0.39, 0.29) is 5.97 Å². The van der Waals surface area contributed by atoms with Gasteiger partial charge in [-0.2, -0.15) is 0 Å². The molecule has 0 N–H and O–H groups in total. The number of thiol groups is 1. The number of ether oxygens (including phenoxy) is 1. The van der Waals surface area contributed by atoms with Crippen molar-refractivity contribution in [1.29, 1.82) is 0 Å². The zero-order valence-electron chi connectivity index (χ0n) is 7.28. The van der Waals surface area contributed by atoms with Crippen LogP contribution in [0.5, 0.6) is 0 Å². The van der Waals surface area contributed by atoms with Crippen molar-refractivity contribution >= 4 is 25.5 Å². The maximum absolute atomic E-state index is 9.75. The van der Waals surface area contributed by atoms with Crippen molar-refractivity contribution in [2.24, 2.45) is 0 Å². The molecule has 0 heterocycles. The largest absolute Gasteiger partial charge is 0.435 e. The molecule has 6 heteroatoms. The molecule has 72 valence electrons. The van der Waals surface area contributed by atoms with Crippen molar-refractivity contribution in [3.8, 4) is 0 Å². The number of carbonyl (C=O) groups is 1. The summed E-state index contributed by atoms with van der Waals surface area (Å²) in [5.74, 6) is -0.329. The van der Waals surface area contributed by atoms with Crippen LogP contribution in [0.15, 0.2) is 26.0 Å². The third kappa shape index (κ3) is 134. The van der Waals surface area contributed by atoms with Gasteiger partial charge in [0.2, 0.25) is 0 Å². The van der Waals surface area contributed by atoms with Crippen LogP contribution in [0.3, 0.4) is 0 Å². The first kappa shape index (κ1) is 17.3. The van der Waals surface area contributed by atoms with Gasteiger partial charge in [-0.25, -0.2) is 8.42 Å². The SMILES string of the molecule is C=C.C=COC(C)=O.O=[SH](=O)[SiH3]. The van der Waals surface area contributed by atoms with Crippen LogP contribution in [-0.4, -0.2) is 23.8 Å². The average Bonchev–Trinajstić information content (AvgIpc) is 1.90. The molecule has 0 aromatic carbocycles. The van der Waals surface area contributed by atoms with E-state index in [1.165, 1.54) is 6.92 Å². The Morgan fingerprint density at radius 2 is 1.75 bits per heavy atom. The lowest BCUT2D eigenvalue weighted by Crippen LogP contribution is -1.87. The maximum atomic E-state index is 9.75. The molecule has 0 aliphatic heterocycles. The molecule has 0 saturated heterocycles. The van der Waals surface area contributed by atoms with E-state index in [9.17, 15) is 4.79 Å². The predicted molar refractivity (Wildman–Crippen MR) is 53.5 cm³/mol. The van der Waals surface area contributed by atoms with Crippen LogP contribution in [0.4, 0.5) is 0 Å². The number of hydrogen-bond donors (Lipinski definition) is 1. The number of rotatable bonds is 1. The second-order valence-corrected chi connectivity index (χ2v) is 4.29. The van der Waals surface area contributed by atoms with Crippen molar-refractivity contribution in [1.82, 2.24) is 0 Å². The molecule has 0 aliphatic rings. The molecule has 0 bridgehead atoms. The van der Waals surface area contributed by atoms with Crippen LogP contribution in [0.2, 0.25) is 0 Å². The molecule has 0 unspecified atom stereocenters. The molecule has 0 radical (unpaired) electrons. The highest BCUT2D eigenvalue weighted by molar-refractivity contribution is 7.96. The Kier molecular flexibility index (Phi) is 23.9. The van der Waals surface area contributed by atoms with Gasteiger partial charge in [0, 0.05) is 6.92 Å². The van der Waals surface area contributed by atoms with Crippen LogP contribution >= 0.6 is 0 Å². The van der Waals surface area contributed by atoms with Gasteiger partial charge in [-0.3, -0.25) is 4.79 Å². The topological polar surface area (TPSA) is 60.4 Å². The van der Waals surface area contributed by atoms with E-state index < -0.39 is 10.2 Å². The van der Waals surface area contributed by atoms with Gasteiger partial charge in [0.05, 0.1) is 6.26 Å². The highest BCUT2D eigenvalue weighted by atomic mass is 32.4. The van der Waals surface area contributed by atoms with Gasteiger partial charge in [-0.1, -0.05) is 6.58 Å². The van der Waals surface area contributed by atoms with Gasteiger partial charge < -0.3 is 4.74 Å². The van der Waals surface area contributed by atoms with Gasteiger partial charge >= 0.3 is 5.97 Å². The summed E-state index contributed by atoms with van der Waals surface area (Å²) >= 11 is 0. The highest BCUT2D eigenvalue weighted by Crippen LogP contribution is 1.70. The van der Waals surface area contributed by atoms with E-state index in [1.807, 2.05) is 0 Å². The van der Waals surface area contributed by atoms with E-state index in [0.717, 1.165) is 6.26 Å². The fourth-order valence-electron chi connectivity index (χ4n) is 0.117. The minimum atomic E-state index is -1.98. The normalized spacial score (nSPS) is 6.83. The second kappa shape index (κ2) is 16.6. The van der Waals surface area contributed by atoms with E-state index in [2.05, 4.69) is 24.5 Å². The molecule has 0 fully saturated rings. The molecule has 12 heavy (non-hydrogen) atoms. The standard InChI is InChI=1S/C4H6O2.C2H4.H4O2SSi/c1-3-6-4(2)5;1-2;1-3(2)4/h3H,1H2,2H3;1-2H2;3H,4H3. The molecule has 0 rings (SSSR count). The molecule has 0 spiro atoms. The Labute approximate surface area is 76.9 Å². The first-order valence-corrected chi connectivity index (χ1v) is 7.17. The van der Waals surface area contributed by atoms with Crippen LogP contribution in [0.1, 0.15) is 6.92 Å². The smallest absolute Gasteiger partial charge is 0.307 e. The first-order valence-electron chi connectivity index (χ1n) is 2.86. The van der Waals surface area contributed by atoms with Gasteiger partial charge in [0.25, 0.3) is 0 Å². The number of hydrogen-bond acceptors (Lipinski definition) is 4. The monoisotopic (exact) mass is 210 g/mol. The van der Waals surface area contributed by atoms with Crippen molar-refractivity contribution in [3.63, 3.8) is 0 Å². The third-order valence-corrected chi connectivity index (χ3v) is 0.249. The van der Waals surface area contributed by atoms with Crippen molar-refractivity contribution in [3.05, 3.63) is 26.0 Å². The van der Waals surface area contributed by atoms with Crippen molar-refractivity contribution in [2.75, 3.05) is 0 Å². The van der Waals surface area contributed by atoms with Gasteiger partial charge in [0.15, 0.2) is 0 Å². The Bertz CT molecular complexity index is 180. The Morgan fingerprint density at radius 3 is 1.75 bits per heavy atom. The minimum Gasteiger partial charge on any atom is -0.435 e. The lowest BCUT2D eigenvalue weighted by molar-refractivity contribution is -0.135. The van der Waals surface area contributed by atoms with E-state index in [4.69, 9.17) is 8.42 Å². The van der Waals surface area contributed by atoms with Crippen molar-refractivity contribution in [2.45, 2.75) is 6.92 Å². The molecule has 4 nitrogen and oxygen atoms in total. The summed E-state index contributed by atoms with van der Waals surface area (Å²) in [6, 6.07) is 0. The Balaban J connectivity index is -0.000000118. The molecule has 0 aliphatic carbocycles. The van der Waals surface area contributed by atoms with Gasteiger partial charge in [-0.05, 0) is 0 Å². The van der Waals surface area contributed by atoms with Crippen LogP contribution in [-0.2, 0) is 19.7 Å². The average molecular weight is 210 g/mol. The summed E-state index contributed by atoms with van der Waals surface area (Å²) in [6.07, 6.45) is 1.10. The summed E-state index contributed by atoms with van der Waals surface area (Å²) in [6.45, 7) is 10.5. The Hall–Kier alpha value is -0.883. The summed E-state index contributed by atoms with van der Waals surface area (Å²) < 4.78 is 22.4. The molecular formula is C6H14O4SSi. The lowest BCUT2D eigenvalue weighted by atomic mass is 10.8. The summed E-state index contributed by atoms with van der Waals surface area (Å²) in [5.41, 5.74) is 0. The molecular weight excluding hydrogens is 196 g/mol. The van der Waals surface area contributed by atoms with Crippen LogP contribution in [0, 0.1) is 0 Å². The highest BCUT2D eigenvalue weighted by Gasteiger charge is 1.79. The van der Waals surface area contributed by atoms with Crippen LogP contribution < -0.4 is 0 Å². The summed E-state index contributed by atoms with van der Waals surface area (Å²) in [5, 5.41) is 0. The van der Waals surface area contributed by atoms with Gasteiger partial charge in [-0.15, -0.1) is 13.2 Å². The predicted octanol–water partition coefficient (Wildman–Crippen LogP) is -0.627. The summed E-state index contributed by atoms with van der Waals surface area (Å²) in [7, 11) is -1.68. The molecule has 0 atom stereocenters. The fraction of sp³-hybridized carbons (Fsp3) is 0.167. The number of carbonyl (C=O) groups excluding carboxylic acids is 1. The molecule has 0 saturated carbocycles. The zero-order valence-corrected chi connectivity index (χ0v) is 10.2. The van der Waals surface area contributed by atoms with E-state index >= 15 is 0 Å². The van der Waals surface area contributed by atoms with E-state index in [0.29, 0.717) is 9.39 Å². The molecule has 0 aromatic rings. The molecule has 0 amide bonds. The van der Waals surface area contributed by atoms with Gasteiger partial charge in [0.1, 0.15) is 19.5 Å². The maximum Gasteiger partial charge on any atom is 0.307 e. The fourth-order valence-corrected chi connectivity index (χ4v) is 0.117. The summed E-state index contributed by atoms with van der Waals surface area (Å²) in [4.78, 5) is 9.75. The number of esters is 1. The van der Waals surface area contributed by atoms with E-state index in [1.54, 1.807) is 0 Å². The zero-order chi connectivity index (χ0) is 10.6. The quantitative estimate of drug-likeness (QED) is 0.206. The first-order chi connectivity index (χ1) is 5.50. The third-order valence-electron chi connectivity index (χ3n) is 0.249. The second-order valence-electron chi connectivity index (χ2n) is 1.22. The minimum absolute atomic E-state index is 0.302.